The van der Waals surface area contributed by atoms with Crippen molar-refractivity contribution in [1.82, 2.24) is 0 Å². The predicted octanol–water partition coefficient (Wildman–Crippen LogP) is 4.76. The molecule has 0 spiro atoms. The second-order valence-corrected chi connectivity index (χ2v) is 4.49. The molecule has 0 unspecified atom stereocenters. The van der Waals surface area contributed by atoms with E-state index >= 15 is 0 Å². The first-order chi connectivity index (χ1) is 10.7. The first-order valence-electron chi connectivity index (χ1n) is 6.72. The maximum Gasteiger partial charge on any atom is 0.165 e. The average molecular weight is 302 g/mol. The summed E-state index contributed by atoms with van der Waals surface area (Å²) in [6, 6.07) is 8.74. The SMILES string of the molecule is C=CCOc1ccc(-c2ccc(OCC=C)c(F)c2)c(F)c1. The normalized spacial score (nSPS) is 10.1. The summed E-state index contributed by atoms with van der Waals surface area (Å²) in [7, 11) is 0. The van der Waals surface area contributed by atoms with E-state index in [1.807, 2.05) is 0 Å². The summed E-state index contributed by atoms with van der Waals surface area (Å²) < 4.78 is 38.5. The number of halogens is 2. The molecule has 0 aliphatic heterocycles. The van der Waals surface area contributed by atoms with Crippen LogP contribution in [0.1, 0.15) is 0 Å². The molecule has 0 amide bonds. The molecule has 0 saturated heterocycles. The molecule has 2 nitrogen and oxygen atoms in total. The van der Waals surface area contributed by atoms with Gasteiger partial charge in [0, 0.05) is 11.6 Å². The Bertz CT molecular complexity index is 681. The third-order valence-corrected chi connectivity index (χ3v) is 2.91. The second-order valence-electron chi connectivity index (χ2n) is 4.49. The molecule has 2 aromatic rings. The Balaban J connectivity index is 2.26. The monoisotopic (exact) mass is 302 g/mol. The Morgan fingerprint density at radius 1 is 0.864 bits per heavy atom. The lowest BCUT2D eigenvalue weighted by Gasteiger charge is -2.09. The molecule has 0 heterocycles. The minimum Gasteiger partial charge on any atom is -0.489 e. The fraction of sp³-hybridized carbons (Fsp3) is 0.111. The standard InChI is InChI=1S/C18H16F2O2/c1-3-9-21-14-6-7-15(16(19)12-14)13-5-8-18(17(20)11-13)22-10-4-2/h3-8,11-12H,1-2,9-10H2. The van der Waals surface area contributed by atoms with Gasteiger partial charge in [-0.25, -0.2) is 8.78 Å². The van der Waals surface area contributed by atoms with Crippen LogP contribution in [0.2, 0.25) is 0 Å². The zero-order valence-corrected chi connectivity index (χ0v) is 12.0. The summed E-state index contributed by atoms with van der Waals surface area (Å²) in [6.45, 7) is 7.52. The first-order valence-corrected chi connectivity index (χ1v) is 6.72. The third-order valence-electron chi connectivity index (χ3n) is 2.91. The lowest BCUT2D eigenvalue weighted by molar-refractivity contribution is 0.342. The molecule has 0 bridgehead atoms. The van der Waals surface area contributed by atoms with E-state index in [0.717, 1.165) is 0 Å². The van der Waals surface area contributed by atoms with Gasteiger partial charge in [-0.2, -0.15) is 0 Å². The van der Waals surface area contributed by atoms with Crippen molar-refractivity contribution in [3.05, 3.63) is 73.3 Å². The summed E-state index contributed by atoms with van der Waals surface area (Å²) >= 11 is 0. The maximum absolute atomic E-state index is 14.1. The maximum atomic E-state index is 14.1. The van der Waals surface area contributed by atoms with Gasteiger partial charge in [0.2, 0.25) is 0 Å². The van der Waals surface area contributed by atoms with E-state index in [4.69, 9.17) is 9.47 Å². The quantitative estimate of drug-likeness (QED) is 0.686. The molecular weight excluding hydrogens is 286 g/mol. The zero-order valence-electron chi connectivity index (χ0n) is 12.0. The Morgan fingerprint density at radius 2 is 1.59 bits per heavy atom. The molecule has 22 heavy (non-hydrogen) atoms. The Kier molecular flexibility index (Phi) is 5.31. The molecule has 0 fully saturated rings. The molecular formula is C18H16F2O2. The van der Waals surface area contributed by atoms with Gasteiger partial charge in [0.05, 0.1) is 0 Å². The van der Waals surface area contributed by atoms with Crippen LogP contribution in [0, 0.1) is 11.6 Å². The highest BCUT2D eigenvalue weighted by atomic mass is 19.1. The molecule has 114 valence electrons. The predicted molar refractivity (Wildman–Crippen MR) is 83.2 cm³/mol. The van der Waals surface area contributed by atoms with Gasteiger partial charge in [-0.05, 0) is 29.8 Å². The van der Waals surface area contributed by atoms with Crippen molar-refractivity contribution in [1.29, 1.82) is 0 Å². The van der Waals surface area contributed by atoms with E-state index in [9.17, 15) is 8.78 Å². The molecule has 0 radical (unpaired) electrons. The highest BCUT2D eigenvalue weighted by molar-refractivity contribution is 5.66. The van der Waals surface area contributed by atoms with Gasteiger partial charge in [0.25, 0.3) is 0 Å². The van der Waals surface area contributed by atoms with Crippen LogP contribution < -0.4 is 9.47 Å². The van der Waals surface area contributed by atoms with Crippen LogP contribution in [0.5, 0.6) is 11.5 Å². The Hall–Kier alpha value is -2.62. The molecule has 0 N–H and O–H groups in total. The van der Waals surface area contributed by atoms with Gasteiger partial charge < -0.3 is 9.47 Å². The summed E-state index contributed by atoms with van der Waals surface area (Å²) in [5.41, 5.74) is 0.719. The van der Waals surface area contributed by atoms with Crippen LogP contribution in [0.15, 0.2) is 61.7 Å². The van der Waals surface area contributed by atoms with Crippen molar-refractivity contribution in [2.24, 2.45) is 0 Å². The van der Waals surface area contributed by atoms with Crippen molar-refractivity contribution < 1.29 is 18.3 Å². The number of hydrogen-bond donors (Lipinski definition) is 0. The highest BCUT2D eigenvalue weighted by Gasteiger charge is 2.10. The highest BCUT2D eigenvalue weighted by Crippen LogP contribution is 2.29. The molecule has 2 rings (SSSR count). The van der Waals surface area contributed by atoms with E-state index in [1.54, 1.807) is 24.3 Å². The average Bonchev–Trinajstić information content (AvgIpc) is 2.52. The van der Waals surface area contributed by atoms with Gasteiger partial charge in [0.1, 0.15) is 24.8 Å². The van der Waals surface area contributed by atoms with Crippen molar-refractivity contribution in [2.45, 2.75) is 0 Å². The second kappa shape index (κ2) is 7.41. The van der Waals surface area contributed by atoms with E-state index in [-0.39, 0.29) is 12.4 Å². The van der Waals surface area contributed by atoms with Gasteiger partial charge in [-0.1, -0.05) is 31.4 Å². The van der Waals surface area contributed by atoms with Crippen LogP contribution in [-0.4, -0.2) is 13.2 Å². The molecule has 0 saturated carbocycles. The minimum atomic E-state index is -0.550. The molecule has 2 aromatic carbocycles. The van der Waals surface area contributed by atoms with Crippen LogP contribution in [0.3, 0.4) is 0 Å². The minimum absolute atomic E-state index is 0.106. The van der Waals surface area contributed by atoms with Crippen molar-refractivity contribution >= 4 is 0 Å². The van der Waals surface area contributed by atoms with Crippen molar-refractivity contribution in [3.63, 3.8) is 0 Å². The number of ether oxygens (including phenoxy) is 2. The van der Waals surface area contributed by atoms with E-state index in [1.165, 1.54) is 24.3 Å². The van der Waals surface area contributed by atoms with Gasteiger partial charge in [0.15, 0.2) is 11.6 Å². The molecule has 4 heteroatoms. The van der Waals surface area contributed by atoms with Crippen LogP contribution >= 0.6 is 0 Å². The Labute approximate surface area is 128 Å². The molecule has 0 aliphatic carbocycles. The fourth-order valence-electron chi connectivity index (χ4n) is 1.91. The number of hydrogen-bond acceptors (Lipinski definition) is 2. The van der Waals surface area contributed by atoms with E-state index in [2.05, 4.69) is 13.2 Å². The third kappa shape index (κ3) is 3.73. The summed E-state index contributed by atoms with van der Waals surface area (Å²) in [6.07, 6.45) is 3.10. The number of benzene rings is 2. The largest absolute Gasteiger partial charge is 0.489 e. The van der Waals surface area contributed by atoms with Crippen molar-refractivity contribution in [2.75, 3.05) is 13.2 Å². The van der Waals surface area contributed by atoms with Gasteiger partial charge in [-0.15, -0.1) is 0 Å². The van der Waals surface area contributed by atoms with Crippen LogP contribution in [0.25, 0.3) is 11.1 Å². The lowest BCUT2D eigenvalue weighted by atomic mass is 10.0. The van der Waals surface area contributed by atoms with Crippen LogP contribution in [-0.2, 0) is 0 Å². The summed E-state index contributed by atoms with van der Waals surface area (Å²) in [5, 5.41) is 0. The van der Waals surface area contributed by atoms with E-state index < -0.39 is 11.6 Å². The molecule has 0 aromatic heterocycles. The fourth-order valence-corrected chi connectivity index (χ4v) is 1.91. The molecule has 0 aliphatic rings. The molecule has 0 atom stereocenters. The van der Waals surface area contributed by atoms with E-state index in [0.29, 0.717) is 23.5 Å². The lowest BCUT2D eigenvalue weighted by Crippen LogP contribution is -1.97. The zero-order chi connectivity index (χ0) is 15.9. The number of rotatable bonds is 7. The van der Waals surface area contributed by atoms with Gasteiger partial charge in [-0.3, -0.25) is 0 Å². The summed E-state index contributed by atoms with van der Waals surface area (Å²) in [5.74, 6) is -0.533. The first kappa shape index (κ1) is 15.8. The van der Waals surface area contributed by atoms with Crippen LogP contribution in [0.4, 0.5) is 8.78 Å². The Morgan fingerprint density at radius 3 is 2.23 bits per heavy atom. The van der Waals surface area contributed by atoms with Gasteiger partial charge >= 0.3 is 0 Å². The van der Waals surface area contributed by atoms with Crippen molar-refractivity contribution in [3.8, 4) is 22.6 Å². The topological polar surface area (TPSA) is 18.5 Å². The summed E-state index contributed by atoms with van der Waals surface area (Å²) in [4.78, 5) is 0. The smallest absolute Gasteiger partial charge is 0.165 e.